The van der Waals surface area contributed by atoms with Gasteiger partial charge in [0.05, 0.1) is 0 Å². The van der Waals surface area contributed by atoms with Crippen LogP contribution < -0.4 is 0 Å². The van der Waals surface area contributed by atoms with Gasteiger partial charge >= 0.3 is 5.97 Å². The molecule has 0 amide bonds. The third-order valence-electron chi connectivity index (χ3n) is 4.80. The molecule has 3 heteroatoms. The molecule has 2 bridgehead atoms. The van der Waals surface area contributed by atoms with Crippen molar-refractivity contribution in [3.63, 3.8) is 0 Å². The highest BCUT2D eigenvalue weighted by Gasteiger charge is 2.68. The lowest BCUT2D eigenvalue weighted by atomic mass is 9.70. The second kappa shape index (κ2) is 2.38. The van der Waals surface area contributed by atoms with Crippen LogP contribution in [0.3, 0.4) is 0 Å². The van der Waals surface area contributed by atoms with E-state index in [4.69, 9.17) is 5.11 Å². The lowest BCUT2D eigenvalue weighted by Gasteiger charge is -2.32. The minimum absolute atomic E-state index is 0.0394. The lowest BCUT2D eigenvalue weighted by Crippen LogP contribution is -2.35. The highest BCUT2D eigenvalue weighted by Crippen LogP contribution is 2.65. The van der Waals surface area contributed by atoms with Gasteiger partial charge in [0.25, 0.3) is 0 Å². The minimum Gasteiger partial charge on any atom is -0.481 e. The first-order valence-electron chi connectivity index (χ1n) is 5.09. The molecule has 0 heterocycles. The molecule has 1 N–H and O–H groups in total. The van der Waals surface area contributed by atoms with Gasteiger partial charge in [-0.05, 0) is 24.2 Å². The standard InChI is InChI=1S/C11H16O3/c1-10(2)6-4-5-11(10,3)8(12)7(6)9(13)14/h6-7H,4-5H2,1-3H3,(H,13,14)/t6?,7-,11+/m1/s1. The number of carbonyl (C=O) groups excluding carboxylic acids is 1. The van der Waals surface area contributed by atoms with Gasteiger partial charge in [-0.1, -0.05) is 20.8 Å². The number of rotatable bonds is 1. The third-order valence-corrected chi connectivity index (χ3v) is 4.80. The zero-order chi connectivity index (χ0) is 10.7. The molecule has 0 aromatic rings. The van der Waals surface area contributed by atoms with Gasteiger partial charge in [0.15, 0.2) is 5.78 Å². The molecular formula is C11H16O3. The quantitative estimate of drug-likeness (QED) is 0.649. The first kappa shape index (κ1) is 9.69. The molecule has 2 aliphatic carbocycles. The molecule has 0 saturated heterocycles. The molecule has 2 aliphatic rings. The van der Waals surface area contributed by atoms with Crippen LogP contribution in [0, 0.1) is 22.7 Å². The molecule has 78 valence electrons. The van der Waals surface area contributed by atoms with Crippen LogP contribution in [0.4, 0.5) is 0 Å². The van der Waals surface area contributed by atoms with Crippen LogP contribution in [0.1, 0.15) is 33.6 Å². The Bertz CT molecular complexity index is 318. The van der Waals surface area contributed by atoms with Crippen LogP contribution in [0.2, 0.25) is 0 Å². The van der Waals surface area contributed by atoms with Crippen molar-refractivity contribution in [3.05, 3.63) is 0 Å². The molecule has 0 aromatic heterocycles. The van der Waals surface area contributed by atoms with Crippen molar-refractivity contribution in [3.8, 4) is 0 Å². The molecule has 1 unspecified atom stereocenters. The highest BCUT2D eigenvalue weighted by atomic mass is 16.4. The molecule has 0 aromatic carbocycles. The first-order valence-corrected chi connectivity index (χ1v) is 5.09. The average molecular weight is 196 g/mol. The maximum absolute atomic E-state index is 12.0. The summed E-state index contributed by atoms with van der Waals surface area (Å²) in [6, 6.07) is 0. The number of aliphatic carboxylic acids is 1. The van der Waals surface area contributed by atoms with Crippen LogP contribution in [0.15, 0.2) is 0 Å². The topological polar surface area (TPSA) is 54.4 Å². The number of Topliss-reactive ketones (excluding diaryl/α,β-unsaturated/α-hetero) is 1. The zero-order valence-corrected chi connectivity index (χ0v) is 8.83. The Hall–Kier alpha value is -0.860. The molecular weight excluding hydrogens is 180 g/mol. The lowest BCUT2D eigenvalue weighted by molar-refractivity contribution is -0.149. The zero-order valence-electron chi connectivity index (χ0n) is 8.83. The van der Waals surface area contributed by atoms with Crippen molar-refractivity contribution >= 4 is 11.8 Å². The van der Waals surface area contributed by atoms with Crippen LogP contribution in [-0.4, -0.2) is 16.9 Å². The van der Waals surface area contributed by atoms with Gasteiger partial charge in [0.2, 0.25) is 0 Å². The summed E-state index contributed by atoms with van der Waals surface area (Å²) < 4.78 is 0. The molecule has 2 rings (SSSR count). The van der Waals surface area contributed by atoms with Crippen LogP contribution in [-0.2, 0) is 9.59 Å². The summed E-state index contributed by atoms with van der Waals surface area (Å²) >= 11 is 0. The Morgan fingerprint density at radius 1 is 1.43 bits per heavy atom. The van der Waals surface area contributed by atoms with Crippen molar-refractivity contribution in [1.82, 2.24) is 0 Å². The number of hydrogen-bond acceptors (Lipinski definition) is 2. The van der Waals surface area contributed by atoms with Crippen molar-refractivity contribution in [2.24, 2.45) is 22.7 Å². The summed E-state index contributed by atoms with van der Waals surface area (Å²) in [6.45, 7) is 6.00. The minimum atomic E-state index is -0.934. The van der Waals surface area contributed by atoms with Gasteiger partial charge in [-0.15, -0.1) is 0 Å². The van der Waals surface area contributed by atoms with E-state index in [0.717, 1.165) is 12.8 Å². The predicted octanol–water partition coefficient (Wildman–Crippen LogP) is 1.71. The fourth-order valence-corrected chi connectivity index (χ4v) is 3.37. The van der Waals surface area contributed by atoms with Crippen molar-refractivity contribution in [2.45, 2.75) is 33.6 Å². The first-order chi connectivity index (χ1) is 6.32. The number of fused-ring (bicyclic) bond motifs is 2. The molecule has 0 radical (unpaired) electrons. The maximum atomic E-state index is 12.0. The fourth-order valence-electron chi connectivity index (χ4n) is 3.37. The predicted molar refractivity (Wildman–Crippen MR) is 50.7 cm³/mol. The van der Waals surface area contributed by atoms with Gasteiger partial charge in [-0.25, -0.2) is 0 Å². The van der Waals surface area contributed by atoms with Gasteiger partial charge < -0.3 is 5.11 Å². The van der Waals surface area contributed by atoms with E-state index >= 15 is 0 Å². The summed E-state index contributed by atoms with van der Waals surface area (Å²) in [6.07, 6.45) is 1.74. The van der Waals surface area contributed by atoms with Gasteiger partial charge in [0.1, 0.15) is 5.92 Å². The molecule has 0 aliphatic heterocycles. The van der Waals surface area contributed by atoms with E-state index in [1.807, 2.05) is 20.8 Å². The fraction of sp³-hybridized carbons (Fsp3) is 0.818. The van der Waals surface area contributed by atoms with Crippen molar-refractivity contribution < 1.29 is 14.7 Å². The summed E-state index contributed by atoms with van der Waals surface area (Å²) in [4.78, 5) is 23.0. The van der Waals surface area contributed by atoms with E-state index in [1.165, 1.54) is 0 Å². The monoisotopic (exact) mass is 196 g/mol. The summed E-state index contributed by atoms with van der Waals surface area (Å²) in [5.41, 5.74) is -0.548. The van der Waals surface area contributed by atoms with E-state index in [9.17, 15) is 9.59 Å². The molecule has 3 nitrogen and oxygen atoms in total. The largest absolute Gasteiger partial charge is 0.481 e. The van der Waals surface area contributed by atoms with Gasteiger partial charge in [-0.2, -0.15) is 0 Å². The normalized spacial score (nSPS) is 44.4. The van der Waals surface area contributed by atoms with Gasteiger partial charge in [-0.3, -0.25) is 9.59 Å². The Balaban J connectivity index is 2.49. The Morgan fingerprint density at radius 3 is 2.29 bits per heavy atom. The Morgan fingerprint density at radius 2 is 2.00 bits per heavy atom. The van der Waals surface area contributed by atoms with Crippen LogP contribution >= 0.6 is 0 Å². The molecule has 2 saturated carbocycles. The van der Waals surface area contributed by atoms with E-state index < -0.39 is 17.3 Å². The Kier molecular flexibility index (Phi) is 1.65. The van der Waals surface area contributed by atoms with Crippen molar-refractivity contribution in [2.75, 3.05) is 0 Å². The molecule has 14 heavy (non-hydrogen) atoms. The number of carbonyl (C=O) groups is 2. The number of hydrogen-bond donors (Lipinski definition) is 1. The second-order valence-corrected chi connectivity index (χ2v) is 5.38. The smallest absolute Gasteiger partial charge is 0.314 e. The Labute approximate surface area is 83.5 Å². The number of carboxylic acid groups (broad SMARTS) is 1. The number of ketones is 1. The SMILES string of the molecule is CC1(C)C2CC[C@@]1(C)C(=O)[C@@H]2C(=O)O. The van der Waals surface area contributed by atoms with Gasteiger partial charge in [0, 0.05) is 5.41 Å². The number of carboxylic acids is 1. The van der Waals surface area contributed by atoms with E-state index in [1.54, 1.807) is 0 Å². The van der Waals surface area contributed by atoms with Crippen LogP contribution in [0.25, 0.3) is 0 Å². The maximum Gasteiger partial charge on any atom is 0.314 e. The van der Waals surface area contributed by atoms with E-state index in [0.29, 0.717) is 0 Å². The van der Waals surface area contributed by atoms with E-state index in [-0.39, 0.29) is 17.1 Å². The van der Waals surface area contributed by atoms with Crippen molar-refractivity contribution in [1.29, 1.82) is 0 Å². The summed E-state index contributed by atoms with van der Waals surface area (Å²) in [5.74, 6) is -1.69. The van der Waals surface area contributed by atoms with Crippen LogP contribution in [0.5, 0.6) is 0 Å². The summed E-state index contributed by atoms with van der Waals surface area (Å²) in [5, 5.41) is 9.03. The molecule has 3 atom stereocenters. The average Bonchev–Trinajstić information content (AvgIpc) is 2.35. The molecule has 0 spiro atoms. The third kappa shape index (κ3) is 0.787. The highest BCUT2D eigenvalue weighted by molar-refractivity contribution is 6.04. The summed E-state index contributed by atoms with van der Waals surface area (Å²) in [7, 11) is 0. The molecule has 2 fully saturated rings. The second-order valence-electron chi connectivity index (χ2n) is 5.38. The van der Waals surface area contributed by atoms with E-state index in [2.05, 4.69) is 0 Å².